The van der Waals surface area contributed by atoms with Crippen molar-refractivity contribution in [1.82, 2.24) is 0 Å². The average Bonchev–Trinajstić information content (AvgIpc) is 2.53. The molecule has 2 aromatic carbocycles. The van der Waals surface area contributed by atoms with Gasteiger partial charge in [-0.05, 0) is 17.7 Å². The number of ether oxygens (including phenoxy) is 2. The Morgan fingerprint density at radius 2 is 1.55 bits per heavy atom. The Labute approximate surface area is 117 Å². The molecule has 2 unspecified atom stereocenters. The highest BCUT2D eigenvalue weighted by Gasteiger charge is 2.30. The third-order valence-electron chi connectivity index (χ3n) is 2.86. The first-order chi connectivity index (χ1) is 9.72. The van der Waals surface area contributed by atoms with Crippen molar-refractivity contribution in [2.45, 2.75) is 12.2 Å². The number of benzene rings is 2. The maximum Gasteiger partial charge on any atom is 0.339 e. The largest absolute Gasteiger partial charge is 0.482 e. The number of rotatable bonds is 5. The summed E-state index contributed by atoms with van der Waals surface area (Å²) < 4.78 is 10.3. The van der Waals surface area contributed by atoms with Gasteiger partial charge in [0.05, 0.1) is 7.11 Å². The first kappa shape index (κ1) is 14.1. The summed E-state index contributed by atoms with van der Waals surface area (Å²) >= 11 is 0. The smallest absolute Gasteiger partial charge is 0.339 e. The van der Waals surface area contributed by atoms with Crippen LogP contribution in [0.3, 0.4) is 0 Å². The molecule has 0 aliphatic heterocycles. The fourth-order valence-corrected chi connectivity index (χ4v) is 1.85. The van der Waals surface area contributed by atoms with Crippen LogP contribution in [-0.2, 0) is 9.53 Å². The molecule has 2 atom stereocenters. The Morgan fingerprint density at radius 3 is 2.10 bits per heavy atom. The summed E-state index contributed by atoms with van der Waals surface area (Å²) in [6.45, 7) is 0. The molecule has 0 fully saturated rings. The minimum atomic E-state index is -1.39. The Kier molecular flexibility index (Phi) is 4.74. The maximum atomic E-state index is 11.6. The van der Waals surface area contributed by atoms with Gasteiger partial charge in [0.2, 0.25) is 0 Å². The van der Waals surface area contributed by atoms with E-state index < -0.39 is 18.2 Å². The highest BCUT2D eigenvalue weighted by molar-refractivity contribution is 5.75. The zero-order valence-corrected chi connectivity index (χ0v) is 11.1. The van der Waals surface area contributed by atoms with Crippen LogP contribution in [0.5, 0.6) is 5.75 Å². The lowest BCUT2D eigenvalue weighted by Gasteiger charge is -2.23. The monoisotopic (exact) mass is 272 g/mol. The zero-order chi connectivity index (χ0) is 14.4. The van der Waals surface area contributed by atoms with Crippen molar-refractivity contribution in [2.75, 3.05) is 7.11 Å². The summed E-state index contributed by atoms with van der Waals surface area (Å²) in [6, 6.07) is 18.1. The van der Waals surface area contributed by atoms with Crippen molar-refractivity contribution in [1.29, 1.82) is 0 Å². The Hall–Kier alpha value is -2.33. The summed E-state index contributed by atoms with van der Waals surface area (Å²) in [7, 11) is 1.23. The number of methoxy groups -OCH3 is 1. The molecule has 2 aromatic rings. The van der Waals surface area contributed by atoms with Crippen molar-refractivity contribution >= 4 is 5.97 Å². The van der Waals surface area contributed by atoms with E-state index in [0.717, 1.165) is 0 Å². The van der Waals surface area contributed by atoms with Crippen LogP contribution in [0.4, 0.5) is 0 Å². The molecule has 4 nitrogen and oxygen atoms in total. The van der Waals surface area contributed by atoms with E-state index in [4.69, 9.17) is 4.74 Å². The number of para-hydroxylation sites is 1. The van der Waals surface area contributed by atoms with Gasteiger partial charge in [-0.2, -0.15) is 0 Å². The molecule has 20 heavy (non-hydrogen) atoms. The number of hydrogen-bond donors (Lipinski definition) is 1. The Balaban J connectivity index is 2.27. The van der Waals surface area contributed by atoms with Crippen LogP contribution in [0.2, 0.25) is 0 Å². The third kappa shape index (κ3) is 3.36. The van der Waals surface area contributed by atoms with E-state index in [-0.39, 0.29) is 0 Å². The summed E-state index contributed by atoms with van der Waals surface area (Å²) in [5.41, 5.74) is 0.703. The van der Waals surface area contributed by atoms with E-state index in [0.29, 0.717) is 11.3 Å². The maximum absolute atomic E-state index is 11.6. The second-order valence-corrected chi connectivity index (χ2v) is 4.23. The Morgan fingerprint density at radius 1 is 1.00 bits per heavy atom. The van der Waals surface area contributed by atoms with Crippen LogP contribution in [0, 0.1) is 0 Å². The third-order valence-corrected chi connectivity index (χ3v) is 2.86. The van der Waals surface area contributed by atoms with Gasteiger partial charge in [-0.25, -0.2) is 4.79 Å². The molecule has 0 heterocycles. The highest BCUT2D eigenvalue weighted by Crippen LogP contribution is 2.25. The number of carbonyl (C=O) groups is 1. The van der Waals surface area contributed by atoms with E-state index in [1.54, 1.807) is 24.3 Å². The van der Waals surface area contributed by atoms with Crippen LogP contribution in [0.15, 0.2) is 60.7 Å². The minimum absolute atomic E-state index is 0.573. The lowest BCUT2D eigenvalue weighted by atomic mass is 10.0. The van der Waals surface area contributed by atoms with Gasteiger partial charge in [-0.1, -0.05) is 48.5 Å². The van der Waals surface area contributed by atoms with Crippen molar-refractivity contribution in [2.24, 2.45) is 0 Å². The fraction of sp³-hybridized carbons (Fsp3) is 0.188. The van der Waals surface area contributed by atoms with Crippen LogP contribution < -0.4 is 4.74 Å². The van der Waals surface area contributed by atoms with E-state index in [1.165, 1.54) is 7.11 Å². The molecule has 0 radical (unpaired) electrons. The van der Waals surface area contributed by atoms with Gasteiger partial charge >= 0.3 is 5.97 Å². The van der Waals surface area contributed by atoms with E-state index in [2.05, 4.69) is 4.74 Å². The molecule has 4 heteroatoms. The molecule has 0 saturated carbocycles. The quantitative estimate of drug-likeness (QED) is 0.849. The second-order valence-electron chi connectivity index (χ2n) is 4.23. The highest BCUT2D eigenvalue weighted by atomic mass is 16.6. The van der Waals surface area contributed by atoms with Crippen molar-refractivity contribution in [3.63, 3.8) is 0 Å². The van der Waals surface area contributed by atoms with Crippen molar-refractivity contribution < 1.29 is 19.4 Å². The number of hydrogen-bond acceptors (Lipinski definition) is 4. The van der Waals surface area contributed by atoms with Gasteiger partial charge in [-0.3, -0.25) is 0 Å². The van der Waals surface area contributed by atoms with Gasteiger partial charge in [-0.15, -0.1) is 0 Å². The van der Waals surface area contributed by atoms with Gasteiger partial charge in [0, 0.05) is 0 Å². The lowest BCUT2D eigenvalue weighted by Crippen LogP contribution is -2.32. The van der Waals surface area contributed by atoms with Gasteiger partial charge < -0.3 is 14.6 Å². The number of aliphatic hydroxyl groups excluding tert-OH is 1. The molecule has 0 aliphatic rings. The van der Waals surface area contributed by atoms with Crippen LogP contribution in [0.25, 0.3) is 0 Å². The number of carbonyl (C=O) groups excluding carboxylic acids is 1. The number of aliphatic hydroxyl groups is 1. The van der Waals surface area contributed by atoms with E-state index in [9.17, 15) is 9.90 Å². The summed E-state index contributed by atoms with van der Waals surface area (Å²) in [6.07, 6.45) is -2.20. The van der Waals surface area contributed by atoms with Crippen LogP contribution >= 0.6 is 0 Å². The molecule has 2 rings (SSSR count). The standard InChI is InChI=1S/C16H16O4/c1-19-16(18)14(17)15(12-8-4-2-5-9-12)20-13-10-6-3-7-11-13/h2-11,14-15,17H,1H3. The molecule has 0 saturated heterocycles. The molecule has 0 spiro atoms. The number of esters is 1. The minimum Gasteiger partial charge on any atom is -0.482 e. The topological polar surface area (TPSA) is 55.8 Å². The van der Waals surface area contributed by atoms with Gasteiger partial charge in [0.15, 0.2) is 12.2 Å². The normalized spacial score (nSPS) is 13.3. The van der Waals surface area contributed by atoms with Gasteiger partial charge in [0.1, 0.15) is 5.75 Å². The van der Waals surface area contributed by atoms with Crippen LogP contribution in [0.1, 0.15) is 11.7 Å². The van der Waals surface area contributed by atoms with E-state index >= 15 is 0 Å². The molecule has 0 aliphatic carbocycles. The second kappa shape index (κ2) is 6.73. The lowest BCUT2D eigenvalue weighted by molar-refractivity contribution is -0.155. The fourth-order valence-electron chi connectivity index (χ4n) is 1.85. The molecule has 104 valence electrons. The molecular weight excluding hydrogens is 256 g/mol. The molecular formula is C16H16O4. The van der Waals surface area contributed by atoms with Crippen LogP contribution in [-0.4, -0.2) is 24.3 Å². The summed E-state index contributed by atoms with van der Waals surface area (Å²) in [4.78, 5) is 11.6. The predicted molar refractivity (Wildman–Crippen MR) is 74.3 cm³/mol. The van der Waals surface area contributed by atoms with E-state index in [1.807, 2.05) is 36.4 Å². The molecule has 0 aromatic heterocycles. The average molecular weight is 272 g/mol. The molecule has 0 amide bonds. The molecule has 0 bridgehead atoms. The van der Waals surface area contributed by atoms with Gasteiger partial charge in [0.25, 0.3) is 0 Å². The first-order valence-electron chi connectivity index (χ1n) is 6.25. The summed E-state index contributed by atoms with van der Waals surface area (Å²) in [5.74, 6) is -0.154. The predicted octanol–water partition coefficient (Wildman–Crippen LogP) is 2.34. The molecule has 1 N–H and O–H groups in total. The van der Waals surface area contributed by atoms with Crippen molar-refractivity contribution in [3.05, 3.63) is 66.2 Å². The SMILES string of the molecule is COC(=O)C(O)C(Oc1ccccc1)c1ccccc1. The zero-order valence-electron chi connectivity index (χ0n) is 11.1. The summed E-state index contributed by atoms with van der Waals surface area (Å²) in [5, 5.41) is 10.1. The first-order valence-corrected chi connectivity index (χ1v) is 6.25. The Bertz CT molecular complexity index is 539. The van der Waals surface area contributed by atoms with Crippen molar-refractivity contribution in [3.8, 4) is 5.75 Å².